The summed E-state index contributed by atoms with van der Waals surface area (Å²) >= 11 is 0. The van der Waals surface area contributed by atoms with Crippen LogP contribution in [0.3, 0.4) is 0 Å². The molecule has 1 fully saturated rings. The van der Waals surface area contributed by atoms with E-state index in [0.29, 0.717) is 30.3 Å². The Kier molecular flexibility index (Phi) is 3.72. The van der Waals surface area contributed by atoms with Crippen LogP contribution in [0, 0.1) is 11.3 Å². The molecule has 1 aliphatic heterocycles. The van der Waals surface area contributed by atoms with Gasteiger partial charge in [0.05, 0.1) is 6.10 Å². The molecule has 0 aromatic carbocycles. The fourth-order valence-corrected chi connectivity index (χ4v) is 2.32. The van der Waals surface area contributed by atoms with Gasteiger partial charge in [0, 0.05) is 19.6 Å². The normalized spacial score (nSPS) is 19.8. The molecule has 2 heterocycles. The van der Waals surface area contributed by atoms with Crippen molar-refractivity contribution in [2.24, 2.45) is 0 Å². The maximum absolute atomic E-state index is 9.69. The first kappa shape index (κ1) is 12.7. The third-order valence-electron chi connectivity index (χ3n) is 3.22. The number of β-amino-alcohol motifs (C(OH)–C–C–N with tert-alkyl or cyclic N) is 1. The highest BCUT2D eigenvalue weighted by molar-refractivity contribution is 5.65. The lowest BCUT2D eigenvalue weighted by molar-refractivity contribution is 0.153. The highest BCUT2D eigenvalue weighted by Crippen LogP contribution is 2.27. The number of aliphatic hydroxyl groups excluding tert-OH is 1. The molecule has 0 spiro atoms. The van der Waals surface area contributed by atoms with E-state index in [0.717, 1.165) is 25.8 Å². The molecule has 1 unspecified atom stereocenters. The minimum atomic E-state index is -0.345. The van der Waals surface area contributed by atoms with E-state index in [-0.39, 0.29) is 6.10 Å². The molecule has 3 N–H and O–H groups in total. The number of nitrogens with zero attached hydrogens (tertiary/aromatic N) is 4. The van der Waals surface area contributed by atoms with Gasteiger partial charge < -0.3 is 15.7 Å². The van der Waals surface area contributed by atoms with Crippen LogP contribution in [-0.2, 0) is 6.54 Å². The third-order valence-corrected chi connectivity index (χ3v) is 3.22. The Morgan fingerprint density at radius 2 is 2.39 bits per heavy atom. The molecule has 0 aliphatic carbocycles. The fourth-order valence-electron chi connectivity index (χ4n) is 2.32. The molecular weight excluding hydrogens is 230 g/mol. The van der Waals surface area contributed by atoms with Crippen LogP contribution in [0.15, 0.2) is 0 Å². The Hall–Kier alpha value is -1.74. The highest BCUT2D eigenvalue weighted by atomic mass is 16.3. The molecule has 1 atom stereocenters. The van der Waals surface area contributed by atoms with Gasteiger partial charge in [-0.1, -0.05) is 6.92 Å². The zero-order valence-corrected chi connectivity index (χ0v) is 10.6. The summed E-state index contributed by atoms with van der Waals surface area (Å²) in [6.07, 6.45) is 2.29. The van der Waals surface area contributed by atoms with Crippen molar-refractivity contribution in [3.05, 3.63) is 5.56 Å². The Bertz CT molecular complexity index is 462. The number of piperidine rings is 1. The molecule has 1 saturated heterocycles. The van der Waals surface area contributed by atoms with E-state index in [1.807, 2.05) is 11.8 Å². The monoisotopic (exact) mass is 249 g/mol. The van der Waals surface area contributed by atoms with Crippen molar-refractivity contribution in [3.63, 3.8) is 0 Å². The highest BCUT2D eigenvalue weighted by Gasteiger charge is 2.25. The number of aromatic nitrogens is 2. The second-order valence-corrected chi connectivity index (χ2v) is 4.66. The van der Waals surface area contributed by atoms with Crippen molar-refractivity contribution >= 4 is 11.6 Å². The molecule has 6 nitrogen and oxygen atoms in total. The summed E-state index contributed by atoms with van der Waals surface area (Å²) in [4.78, 5) is 1.95. The molecule has 0 radical (unpaired) electrons. The van der Waals surface area contributed by atoms with Crippen LogP contribution in [0.5, 0.6) is 0 Å². The van der Waals surface area contributed by atoms with E-state index in [1.54, 1.807) is 4.68 Å². The third kappa shape index (κ3) is 2.27. The number of nitriles is 1. The van der Waals surface area contributed by atoms with Gasteiger partial charge in [-0.3, -0.25) is 0 Å². The Labute approximate surface area is 107 Å². The number of hydrogen-bond donors (Lipinski definition) is 2. The van der Waals surface area contributed by atoms with Gasteiger partial charge in [-0.25, -0.2) is 4.68 Å². The number of rotatable bonds is 3. The standard InChI is InChI=1S/C12H19N5O/c1-2-5-17-11(14)10(7-13)12(15-17)16-6-3-4-9(18)8-16/h9,18H,2-6,8,14H2,1H3. The Morgan fingerprint density at radius 3 is 3.00 bits per heavy atom. The van der Waals surface area contributed by atoms with E-state index in [1.165, 1.54) is 0 Å². The summed E-state index contributed by atoms with van der Waals surface area (Å²) in [5.74, 6) is 1.04. The van der Waals surface area contributed by atoms with Gasteiger partial charge in [0.1, 0.15) is 17.5 Å². The molecule has 0 bridgehead atoms. The number of hydrogen-bond acceptors (Lipinski definition) is 5. The van der Waals surface area contributed by atoms with E-state index in [9.17, 15) is 10.4 Å². The molecule has 98 valence electrons. The van der Waals surface area contributed by atoms with Crippen molar-refractivity contribution in [2.45, 2.75) is 38.8 Å². The first-order valence-corrected chi connectivity index (χ1v) is 6.36. The largest absolute Gasteiger partial charge is 0.391 e. The summed E-state index contributed by atoms with van der Waals surface area (Å²) in [5, 5.41) is 23.3. The Balaban J connectivity index is 2.31. The van der Waals surface area contributed by atoms with Gasteiger partial charge in [0.15, 0.2) is 5.82 Å². The van der Waals surface area contributed by atoms with E-state index < -0.39 is 0 Å². The maximum atomic E-state index is 9.69. The molecular formula is C12H19N5O. The van der Waals surface area contributed by atoms with E-state index >= 15 is 0 Å². The number of nitrogens with two attached hydrogens (primary N) is 1. The van der Waals surface area contributed by atoms with Gasteiger partial charge >= 0.3 is 0 Å². The van der Waals surface area contributed by atoms with Gasteiger partial charge in [-0.2, -0.15) is 10.4 Å². The Morgan fingerprint density at radius 1 is 1.61 bits per heavy atom. The second kappa shape index (κ2) is 5.27. The maximum Gasteiger partial charge on any atom is 0.171 e. The first-order valence-electron chi connectivity index (χ1n) is 6.36. The topological polar surface area (TPSA) is 91.1 Å². The van der Waals surface area contributed by atoms with Crippen LogP contribution in [0.4, 0.5) is 11.6 Å². The zero-order valence-electron chi connectivity index (χ0n) is 10.6. The van der Waals surface area contributed by atoms with Gasteiger partial charge in [0.25, 0.3) is 0 Å². The quantitative estimate of drug-likeness (QED) is 0.823. The number of aliphatic hydroxyl groups is 1. The fraction of sp³-hybridized carbons (Fsp3) is 0.667. The van der Waals surface area contributed by atoms with Crippen LogP contribution < -0.4 is 10.6 Å². The number of anilines is 2. The van der Waals surface area contributed by atoms with E-state index in [4.69, 9.17) is 5.73 Å². The zero-order chi connectivity index (χ0) is 13.1. The second-order valence-electron chi connectivity index (χ2n) is 4.66. The summed E-state index contributed by atoms with van der Waals surface area (Å²) in [6, 6.07) is 2.12. The smallest absolute Gasteiger partial charge is 0.171 e. The SMILES string of the molecule is CCCn1nc(N2CCCC(O)C2)c(C#N)c1N. The molecule has 18 heavy (non-hydrogen) atoms. The molecule has 0 saturated carbocycles. The molecule has 1 aromatic heterocycles. The number of nitrogen functional groups attached to an aromatic ring is 1. The van der Waals surface area contributed by atoms with Crippen molar-refractivity contribution in [1.82, 2.24) is 9.78 Å². The summed E-state index contributed by atoms with van der Waals surface area (Å²) in [6.45, 7) is 4.08. The molecule has 0 amide bonds. The molecule has 1 aromatic rings. The summed E-state index contributed by atoms with van der Waals surface area (Å²) in [5.41, 5.74) is 6.36. The molecule has 2 rings (SSSR count). The summed E-state index contributed by atoms with van der Waals surface area (Å²) < 4.78 is 1.68. The minimum Gasteiger partial charge on any atom is -0.391 e. The number of aryl methyl sites for hydroxylation is 1. The van der Waals surface area contributed by atoms with Crippen molar-refractivity contribution < 1.29 is 5.11 Å². The van der Waals surface area contributed by atoms with Crippen molar-refractivity contribution in [1.29, 1.82) is 5.26 Å². The van der Waals surface area contributed by atoms with Gasteiger partial charge in [-0.05, 0) is 19.3 Å². The molecule has 6 heteroatoms. The van der Waals surface area contributed by atoms with Crippen LogP contribution >= 0.6 is 0 Å². The van der Waals surface area contributed by atoms with Crippen LogP contribution in [0.25, 0.3) is 0 Å². The lowest BCUT2D eigenvalue weighted by atomic mass is 10.1. The lowest BCUT2D eigenvalue weighted by Gasteiger charge is -2.30. The first-order chi connectivity index (χ1) is 8.67. The van der Waals surface area contributed by atoms with Crippen LogP contribution in [0.1, 0.15) is 31.7 Å². The van der Waals surface area contributed by atoms with Gasteiger partial charge in [-0.15, -0.1) is 0 Å². The average molecular weight is 249 g/mol. The van der Waals surface area contributed by atoms with E-state index in [2.05, 4.69) is 11.2 Å². The van der Waals surface area contributed by atoms with Crippen molar-refractivity contribution in [2.75, 3.05) is 23.7 Å². The van der Waals surface area contributed by atoms with Gasteiger partial charge in [0.2, 0.25) is 0 Å². The van der Waals surface area contributed by atoms with Crippen LogP contribution in [0.2, 0.25) is 0 Å². The molecule has 1 aliphatic rings. The summed E-state index contributed by atoms with van der Waals surface area (Å²) in [7, 11) is 0. The minimum absolute atomic E-state index is 0.345. The van der Waals surface area contributed by atoms with Crippen molar-refractivity contribution in [3.8, 4) is 6.07 Å². The van der Waals surface area contributed by atoms with Crippen LogP contribution in [-0.4, -0.2) is 34.1 Å². The predicted octanol–water partition coefficient (Wildman–Crippen LogP) is 0.708. The lowest BCUT2D eigenvalue weighted by Crippen LogP contribution is -2.38. The average Bonchev–Trinajstić information content (AvgIpc) is 2.67. The predicted molar refractivity (Wildman–Crippen MR) is 69.1 cm³/mol.